The predicted molar refractivity (Wildman–Crippen MR) is 114 cm³/mol. The third-order valence-corrected chi connectivity index (χ3v) is 4.96. The lowest BCUT2D eigenvalue weighted by Gasteiger charge is -2.38. The third kappa shape index (κ3) is 4.67. The average Bonchev–Trinajstić information content (AvgIpc) is 2.64. The normalized spacial score (nSPS) is 16.5. The summed E-state index contributed by atoms with van der Waals surface area (Å²) in [6.45, 7) is 10.2. The molecule has 1 heterocycles. The van der Waals surface area contributed by atoms with E-state index >= 15 is 0 Å². The van der Waals surface area contributed by atoms with Gasteiger partial charge in [-0.2, -0.15) is 0 Å². The van der Waals surface area contributed by atoms with Crippen LogP contribution in [0.2, 0.25) is 0 Å². The van der Waals surface area contributed by atoms with E-state index in [0.29, 0.717) is 35.2 Å². The molecule has 1 unspecified atom stereocenters. The van der Waals surface area contributed by atoms with Crippen molar-refractivity contribution in [3.63, 3.8) is 0 Å². The van der Waals surface area contributed by atoms with Gasteiger partial charge in [-0.05, 0) is 46.3 Å². The van der Waals surface area contributed by atoms with Gasteiger partial charge in [0.05, 0.1) is 24.2 Å². The lowest BCUT2D eigenvalue weighted by Crippen LogP contribution is -2.47. The van der Waals surface area contributed by atoms with Crippen molar-refractivity contribution in [3.8, 4) is 11.5 Å². The molecular formula is C20H27N3O5S. The number of nitro benzene ring substituents is 1. The molecule has 0 amide bonds. The molecule has 1 aliphatic rings. The molecule has 0 aromatic heterocycles. The number of ether oxygens (including phenoxy) is 2. The maximum absolute atomic E-state index is 12.5. The molecule has 9 heteroatoms. The molecule has 0 fully saturated rings. The van der Waals surface area contributed by atoms with Crippen LogP contribution in [0.1, 0.15) is 52.6 Å². The molecular weight excluding hydrogens is 394 g/mol. The van der Waals surface area contributed by atoms with Gasteiger partial charge < -0.3 is 19.7 Å². The summed E-state index contributed by atoms with van der Waals surface area (Å²) in [5.74, 6) is 0.403. The maximum Gasteiger partial charge on any atom is 0.311 e. The van der Waals surface area contributed by atoms with E-state index in [4.69, 9.17) is 21.7 Å². The number of rotatable bonds is 9. The highest BCUT2D eigenvalue weighted by Crippen LogP contribution is 2.42. The van der Waals surface area contributed by atoms with Gasteiger partial charge in [0, 0.05) is 35.5 Å². The Hall–Kier alpha value is -2.68. The second-order valence-corrected chi connectivity index (χ2v) is 6.96. The van der Waals surface area contributed by atoms with Crippen LogP contribution in [-0.4, -0.2) is 40.5 Å². The summed E-state index contributed by atoms with van der Waals surface area (Å²) in [5, 5.41) is 15.3. The van der Waals surface area contributed by atoms with Crippen molar-refractivity contribution < 1.29 is 19.2 Å². The lowest BCUT2D eigenvalue weighted by atomic mass is 9.91. The van der Waals surface area contributed by atoms with Crippen LogP contribution in [-0.2, 0) is 4.79 Å². The zero-order chi connectivity index (χ0) is 21.7. The molecule has 29 heavy (non-hydrogen) atoms. The summed E-state index contributed by atoms with van der Waals surface area (Å²) in [5.41, 5.74) is 1.54. The number of hydrogen-bond acceptors (Lipinski definition) is 6. The second kappa shape index (κ2) is 9.69. The van der Waals surface area contributed by atoms with Gasteiger partial charge in [-0.1, -0.05) is 6.92 Å². The molecule has 0 spiro atoms. The maximum atomic E-state index is 12.5. The standard InChI is InChI=1S/C20H27N3O5S/c1-6-9-22-12(4)18(13(5)24)19(21-20(22)29)14-10-15(23(25)26)17(28-8-3)11-16(14)27-7-2/h10-11,19H,6-9H2,1-5H3,(H,21,29). The molecule has 1 aromatic rings. The third-order valence-electron chi connectivity index (χ3n) is 4.62. The number of nitro groups is 1. The first-order valence-corrected chi connectivity index (χ1v) is 10.0. The molecule has 0 aliphatic carbocycles. The van der Waals surface area contributed by atoms with Crippen molar-refractivity contribution in [1.29, 1.82) is 0 Å². The number of carbonyl (C=O) groups is 1. The van der Waals surface area contributed by atoms with Crippen LogP contribution in [0.25, 0.3) is 0 Å². The Balaban J connectivity index is 2.72. The SMILES string of the molecule is CCCN1C(=S)NC(c2cc([N+](=O)[O-])c(OCC)cc2OCC)C(C(C)=O)=C1C. The van der Waals surface area contributed by atoms with Crippen LogP contribution in [0.4, 0.5) is 5.69 Å². The van der Waals surface area contributed by atoms with Crippen LogP contribution in [0.5, 0.6) is 11.5 Å². The largest absolute Gasteiger partial charge is 0.493 e. The number of allylic oxidation sites excluding steroid dienone is 1. The Morgan fingerprint density at radius 3 is 2.38 bits per heavy atom. The Labute approximate surface area is 176 Å². The number of nitrogens with zero attached hydrogens (tertiary/aromatic N) is 2. The van der Waals surface area contributed by atoms with Gasteiger partial charge in [0.15, 0.2) is 10.9 Å². The van der Waals surface area contributed by atoms with Gasteiger partial charge in [0.1, 0.15) is 5.75 Å². The Bertz CT molecular complexity index is 853. The molecule has 1 atom stereocenters. The molecule has 2 rings (SSSR count). The Kier molecular flexibility index (Phi) is 7.55. The van der Waals surface area contributed by atoms with Gasteiger partial charge in [-0.15, -0.1) is 0 Å². The minimum absolute atomic E-state index is 0.126. The number of nitrogens with one attached hydrogen (secondary N) is 1. The lowest BCUT2D eigenvalue weighted by molar-refractivity contribution is -0.385. The fraction of sp³-hybridized carbons (Fsp3) is 0.500. The molecule has 158 valence electrons. The molecule has 0 radical (unpaired) electrons. The van der Waals surface area contributed by atoms with E-state index in [2.05, 4.69) is 5.32 Å². The Morgan fingerprint density at radius 2 is 1.86 bits per heavy atom. The number of carbonyl (C=O) groups excluding carboxylic acids is 1. The smallest absolute Gasteiger partial charge is 0.311 e. The first-order valence-electron chi connectivity index (χ1n) is 9.64. The van der Waals surface area contributed by atoms with Crippen LogP contribution in [0, 0.1) is 10.1 Å². The average molecular weight is 422 g/mol. The summed E-state index contributed by atoms with van der Waals surface area (Å²) in [6.07, 6.45) is 0.855. The molecule has 1 aliphatic heterocycles. The molecule has 1 aromatic carbocycles. The van der Waals surface area contributed by atoms with E-state index in [1.807, 2.05) is 25.7 Å². The highest BCUT2D eigenvalue weighted by Gasteiger charge is 2.35. The summed E-state index contributed by atoms with van der Waals surface area (Å²) in [4.78, 5) is 25.6. The zero-order valence-corrected chi connectivity index (χ0v) is 18.2. The van der Waals surface area contributed by atoms with Gasteiger partial charge in [0.25, 0.3) is 0 Å². The zero-order valence-electron chi connectivity index (χ0n) is 17.4. The van der Waals surface area contributed by atoms with E-state index in [1.54, 1.807) is 6.92 Å². The van der Waals surface area contributed by atoms with E-state index in [1.165, 1.54) is 19.1 Å². The molecule has 0 saturated heterocycles. The van der Waals surface area contributed by atoms with Crippen LogP contribution < -0.4 is 14.8 Å². The number of hydrogen-bond donors (Lipinski definition) is 1. The van der Waals surface area contributed by atoms with Crippen molar-refractivity contribution >= 4 is 28.8 Å². The number of ketones is 1. The van der Waals surface area contributed by atoms with Crippen molar-refractivity contribution in [3.05, 3.63) is 39.1 Å². The van der Waals surface area contributed by atoms with Crippen molar-refractivity contribution in [2.24, 2.45) is 0 Å². The van der Waals surface area contributed by atoms with E-state index in [0.717, 1.165) is 12.1 Å². The van der Waals surface area contributed by atoms with Crippen LogP contribution in [0.3, 0.4) is 0 Å². The van der Waals surface area contributed by atoms with Crippen molar-refractivity contribution in [2.45, 2.75) is 47.1 Å². The summed E-state index contributed by atoms with van der Waals surface area (Å²) >= 11 is 5.52. The number of thiocarbonyl (C=S) groups is 1. The molecule has 0 saturated carbocycles. The molecule has 1 N–H and O–H groups in total. The highest BCUT2D eigenvalue weighted by atomic mass is 32.1. The Morgan fingerprint density at radius 1 is 1.24 bits per heavy atom. The van der Waals surface area contributed by atoms with Crippen molar-refractivity contribution in [1.82, 2.24) is 10.2 Å². The number of benzene rings is 1. The van der Waals surface area contributed by atoms with Gasteiger partial charge >= 0.3 is 5.69 Å². The van der Waals surface area contributed by atoms with Gasteiger partial charge in [0.2, 0.25) is 5.75 Å². The fourth-order valence-electron chi connectivity index (χ4n) is 3.45. The minimum Gasteiger partial charge on any atom is -0.493 e. The second-order valence-electron chi connectivity index (χ2n) is 6.57. The first kappa shape index (κ1) is 22.6. The summed E-state index contributed by atoms with van der Waals surface area (Å²) in [6, 6.07) is 2.27. The van der Waals surface area contributed by atoms with E-state index in [9.17, 15) is 14.9 Å². The van der Waals surface area contributed by atoms with Crippen LogP contribution >= 0.6 is 12.2 Å². The fourth-order valence-corrected chi connectivity index (χ4v) is 3.80. The van der Waals surface area contributed by atoms with E-state index < -0.39 is 11.0 Å². The van der Waals surface area contributed by atoms with Gasteiger partial charge in [-0.25, -0.2) is 0 Å². The molecule has 0 bridgehead atoms. The quantitative estimate of drug-likeness (QED) is 0.365. The highest BCUT2D eigenvalue weighted by molar-refractivity contribution is 7.80. The monoisotopic (exact) mass is 421 g/mol. The summed E-state index contributed by atoms with van der Waals surface area (Å²) in [7, 11) is 0. The topological polar surface area (TPSA) is 93.9 Å². The predicted octanol–water partition coefficient (Wildman–Crippen LogP) is 3.90. The first-order chi connectivity index (χ1) is 13.8. The minimum atomic E-state index is -0.649. The van der Waals surface area contributed by atoms with Gasteiger partial charge in [-0.3, -0.25) is 14.9 Å². The molecule has 8 nitrogen and oxygen atoms in total. The summed E-state index contributed by atoms with van der Waals surface area (Å²) < 4.78 is 11.2. The number of Topliss-reactive ketones (excluding diaryl/α,β-unsaturated/α-hetero) is 1. The van der Waals surface area contributed by atoms with Crippen molar-refractivity contribution in [2.75, 3.05) is 19.8 Å². The van der Waals surface area contributed by atoms with E-state index in [-0.39, 0.29) is 23.8 Å². The van der Waals surface area contributed by atoms with Crippen LogP contribution in [0.15, 0.2) is 23.4 Å².